The van der Waals surface area contributed by atoms with Crippen molar-refractivity contribution in [2.75, 3.05) is 7.05 Å². The molecule has 5 nitrogen and oxygen atoms in total. The van der Waals surface area contributed by atoms with E-state index in [1.165, 1.54) is 6.07 Å². The predicted molar refractivity (Wildman–Crippen MR) is 107 cm³/mol. The van der Waals surface area contributed by atoms with E-state index in [9.17, 15) is 9.18 Å². The predicted octanol–water partition coefficient (Wildman–Crippen LogP) is 5.23. The van der Waals surface area contributed by atoms with Crippen molar-refractivity contribution in [3.8, 4) is 11.3 Å². The second kappa shape index (κ2) is 7.16. The Hall–Kier alpha value is -3.06. The molecule has 3 heterocycles. The minimum atomic E-state index is -0.413. The van der Waals surface area contributed by atoms with Gasteiger partial charge in [-0.3, -0.25) is 4.79 Å². The number of aromatic nitrogens is 2. The van der Waals surface area contributed by atoms with Gasteiger partial charge < -0.3 is 9.42 Å². The van der Waals surface area contributed by atoms with Crippen molar-refractivity contribution < 1.29 is 13.7 Å². The molecule has 28 heavy (non-hydrogen) atoms. The highest BCUT2D eigenvalue weighted by Gasteiger charge is 2.25. The van der Waals surface area contributed by atoms with E-state index in [-0.39, 0.29) is 17.7 Å². The molecule has 142 valence electrons. The Kier molecular flexibility index (Phi) is 4.68. The molecule has 7 heteroatoms. The monoisotopic (exact) mass is 395 g/mol. The van der Waals surface area contributed by atoms with Crippen molar-refractivity contribution in [1.29, 1.82) is 0 Å². The van der Waals surface area contributed by atoms with E-state index < -0.39 is 5.82 Å². The van der Waals surface area contributed by atoms with Gasteiger partial charge in [0.1, 0.15) is 5.82 Å². The molecule has 3 aromatic heterocycles. The molecule has 4 rings (SSSR count). The summed E-state index contributed by atoms with van der Waals surface area (Å²) in [5, 5.41) is 6.48. The summed E-state index contributed by atoms with van der Waals surface area (Å²) in [6.07, 6.45) is 0. The summed E-state index contributed by atoms with van der Waals surface area (Å²) < 4.78 is 19.6. The molecular formula is C21H18FN3O2S. The van der Waals surface area contributed by atoms with E-state index >= 15 is 0 Å². The number of thiophene rings is 1. The molecule has 0 N–H and O–H groups in total. The third-order valence-electron chi connectivity index (χ3n) is 4.85. The van der Waals surface area contributed by atoms with Crippen LogP contribution >= 0.6 is 11.3 Å². The number of aryl methyl sites for hydroxylation is 1. The smallest absolute Gasteiger partial charge is 0.259 e. The van der Waals surface area contributed by atoms with E-state index in [4.69, 9.17) is 4.52 Å². The molecule has 4 aromatic rings. The van der Waals surface area contributed by atoms with E-state index in [0.29, 0.717) is 27.9 Å². The zero-order valence-corrected chi connectivity index (χ0v) is 16.5. The number of halogens is 1. The molecule has 0 aliphatic rings. The summed E-state index contributed by atoms with van der Waals surface area (Å²) in [6, 6.07) is 11.8. The highest BCUT2D eigenvalue weighted by Crippen LogP contribution is 2.31. The maximum atomic E-state index is 14.3. The topological polar surface area (TPSA) is 59.2 Å². The number of rotatable bonds is 4. The summed E-state index contributed by atoms with van der Waals surface area (Å²) in [5.41, 5.74) is 1.83. The number of benzene rings is 1. The first-order chi connectivity index (χ1) is 13.5. The van der Waals surface area contributed by atoms with Crippen LogP contribution in [-0.2, 0) is 0 Å². The third kappa shape index (κ3) is 3.07. The van der Waals surface area contributed by atoms with Gasteiger partial charge in [-0.2, -0.15) is 0 Å². The van der Waals surface area contributed by atoms with E-state index in [0.717, 1.165) is 4.88 Å². The minimum Gasteiger partial charge on any atom is -0.335 e. The number of nitrogens with zero attached hydrogens (tertiary/aromatic N) is 3. The lowest BCUT2D eigenvalue weighted by atomic mass is 10.0. The van der Waals surface area contributed by atoms with Gasteiger partial charge in [-0.05, 0) is 43.5 Å². The molecule has 0 bridgehead atoms. The maximum Gasteiger partial charge on any atom is 0.259 e. The Morgan fingerprint density at radius 1 is 1.25 bits per heavy atom. The van der Waals surface area contributed by atoms with Crippen LogP contribution in [0.1, 0.15) is 33.9 Å². The van der Waals surface area contributed by atoms with Gasteiger partial charge in [0.25, 0.3) is 11.6 Å². The van der Waals surface area contributed by atoms with E-state index in [2.05, 4.69) is 10.1 Å². The van der Waals surface area contributed by atoms with Crippen LogP contribution in [0, 0.1) is 12.7 Å². The summed E-state index contributed by atoms with van der Waals surface area (Å²) in [6.45, 7) is 3.73. The van der Waals surface area contributed by atoms with Crippen molar-refractivity contribution in [3.05, 3.63) is 69.8 Å². The van der Waals surface area contributed by atoms with Gasteiger partial charge in [-0.25, -0.2) is 9.37 Å². The Bertz CT molecular complexity index is 1150. The lowest BCUT2D eigenvalue weighted by molar-refractivity contribution is 0.0747. The van der Waals surface area contributed by atoms with Crippen LogP contribution in [0.2, 0.25) is 0 Å². The van der Waals surface area contributed by atoms with Crippen LogP contribution in [0.25, 0.3) is 22.4 Å². The Balaban J connectivity index is 1.84. The first-order valence-electron chi connectivity index (χ1n) is 8.80. The summed E-state index contributed by atoms with van der Waals surface area (Å²) in [7, 11) is 1.75. The lowest BCUT2D eigenvalue weighted by Crippen LogP contribution is -2.29. The maximum absolute atomic E-state index is 14.3. The number of amides is 1. The lowest BCUT2D eigenvalue weighted by Gasteiger charge is -2.24. The van der Waals surface area contributed by atoms with Gasteiger partial charge in [0, 0.05) is 17.5 Å². The number of carbonyl (C=O) groups is 1. The largest absolute Gasteiger partial charge is 0.335 e. The SMILES string of the molecule is Cc1noc2nc(-c3ccccc3F)cc(C(=O)N(C)[C@@H](C)c3cccs3)c12. The molecule has 0 saturated carbocycles. The average Bonchev–Trinajstić information content (AvgIpc) is 3.36. The zero-order chi connectivity index (χ0) is 19.8. The van der Waals surface area contributed by atoms with Crippen LogP contribution in [0.5, 0.6) is 0 Å². The number of carbonyl (C=O) groups excluding carboxylic acids is 1. The summed E-state index contributed by atoms with van der Waals surface area (Å²) >= 11 is 1.60. The highest BCUT2D eigenvalue weighted by atomic mass is 32.1. The quantitative estimate of drug-likeness (QED) is 0.475. The van der Waals surface area contributed by atoms with Crippen molar-refractivity contribution in [2.24, 2.45) is 0 Å². The number of pyridine rings is 1. The molecule has 0 unspecified atom stereocenters. The summed E-state index contributed by atoms with van der Waals surface area (Å²) in [4.78, 5) is 20.5. The Morgan fingerprint density at radius 2 is 2.04 bits per heavy atom. The van der Waals surface area contributed by atoms with Crippen LogP contribution in [-0.4, -0.2) is 28.0 Å². The van der Waals surface area contributed by atoms with Gasteiger partial charge in [-0.15, -0.1) is 11.3 Å². The second-order valence-corrected chi connectivity index (χ2v) is 7.57. The average molecular weight is 395 g/mol. The second-order valence-electron chi connectivity index (χ2n) is 6.59. The van der Waals surface area contributed by atoms with Crippen LogP contribution in [0.3, 0.4) is 0 Å². The van der Waals surface area contributed by atoms with Crippen molar-refractivity contribution in [1.82, 2.24) is 15.0 Å². The fraction of sp³-hybridized carbons (Fsp3) is 0.190. The molecule has 0 fully saturated rings. The molecular weight excluding hydrogens is 377 g/mol. The molecule has 1 aromatic carbocycles. The molecule has 0 aliphatic heterocycles. The minimum absolute atomic E-state index is 0.104. The van der Waals surface area contributed by atoms with Crippen molar-refractivity contribution in [2.45, 2.75) is 19.9 Å². The van der Waals surface area contributed by atoms with Crippen molar-refractivity contribution >= 4 is 28.3 Å². The van der Waals surface area contributed by atoms with Crippen molar-refractivity contribution in [3.63, 3.8) is 0 Å². The molecule has 0 radical (unpaired) electrons. The fourth-order valence-electron chi connectivity index (χ4n) is 3.16. The fourth-order valence-corrected chi connectivity index (χ4v) is 3.98. The Morgan fingerprint density at radius 3 is 2.75 bits per heavy atom. The van der Waals surface area contributed by atoms with Crippen LogP contribution in [0.4, 0.5) is 4.39 Å². The molecule has 0 saturated heterocycles. The normalized spacial score (nSPS) is 12.3. The van der Waals surface area contributed by atoms with E-state index in [1.54, 1.807) is 54.5 Å². The summed E-state index contributed by atoms with van der Waals surface area (Å²) in [5.74, 6) is -0.610. The Labute approximate surface area is 165 Å². The number of fused-ring (bicyclic) bond motifs is 1. The third-order valence-corrected chi connectivity index (χ3v) is 5.90. The van der Waals surface area contributed by atoms with Gasteiger partial charge in [-0.1, -0.05) is 23.4 Å². The van der Waals surface area contributed by atoms with Crippen LogP contribution in [0.15, 0.2) is 52.4 Å². The number of hydrogen-bond donors (Lipinski definition) is 0. The van der Waals surface area contributed by atoms with Gasteiger partial charge >= 0.3 is 0 Å². The van der Waals surface area contributed by atoms with E-state index in [1.807, 2.05) is 24.4 Å². The highest BCUT2D eigenvalue weighted by molar-refractivity contribution is 7.10. The first kappa shape index (κ1) is 18.3. The molecule has 0 spiro atoms. The molecule has 1 atom stereocenters. The standard InChI is InChI=1S/C21H18FN3O2S/c1-12-19-15(21(26)25(3)13(2)18-9-6-10-28-18)11-17(23-20(19)27-24-12)14-7-4-5-8-16(14)22/h4-11,13H,1-3H3/t13-/m0/s1. The zero-order valence-electron chi connectivity index (χ0n) is 15.6. The first-order valence-corrected chi connectivity index (χ1v) is 9.68. The van der Waals surface area contributed by atoms with Crippen LogP contribution < -0.4 is 0 Å². The van der Waals surface area contributed by atoms with Gasteiger partial charge in [0.05, 0.1) is 28.4 Å². The number of hydrogen-bond acceptors (Lipinski definition) is 5. The van der Waals surface area contributed by atoms with Gasteiger partial charge in [0.15, 0.2) is 0 Å². The molecule has 1 amide bonds. The van der Waals surface area contributed by atoms with Gasteiger partial charge in [0.2, 0.25) is 0 Å². The molecule has 0 aliphatic carbocycles.